The topological polar surface area (TPSA) is 87.8 Å². The Balaban J connectivity index is 0.000000886. The summed E-state index contributed by atoms with van der Waals surface area (Å²) < 4.78 is 11.5. The van der Waals surface area contributed by atoms with Gasteiger partial charge in [-0.3, -0.25) is 4.90 Å². The van der Waals surface area contributed by atoms with Crippen LogP contribution in [-0.4, -0.2) is 64.5 Å². The van der Waals surface area contributed by atoms with Crippen LogP contribution in [0.25, 0.3) is 22.5 Å². The van der Waals surface area contributed by atoms with E-state index in [1.54, 1.807) is 0 Å². The maximum absolute atomic E-state index is 9.64. The summed E-state index contributed by atoms with van der Waals surface area (Å²) in [7, 11) is 0. The normalized spacial score (nSPS) is 16.2. The van der Waals surface area contributed by atoms with Gasteiger partial charge >= 0.3 is 0 Å². The third kappa shape index (κ3) is 6.86. The number of piperidine rings is 1. The predicted octanol–water partition coefficient (Wildman–Crippen LogP) is 6.05. The number of morpholine rings is 1. The predicted molar refractivity (Wildman–Crippen MR) is 160 cm³/mol. The van der Waals surface area contributed by atoms with Gasteiger partial charge in [0.15, 0.2) is 11.6 Å². The highest BCUT2D eigenvalue weighted by atomic mass is 16.5. The SMILES string of the molecule is CC.CC.OCc1cccc(-c2nc(N3CCOCC3)c3onc(C4CCN(Cc5ccccc5)CC4)c3n2)c1. The average molecular weight is 546 g/mol. The van der Waals surface area contributed by atoms with Crippen LogP contribution in [0, 0.1) is 0 Å². The first-order chi connectivity index (χ1) is 19.8. The molecular weight excluding hydrogens is 502 g/mol. The second-order valence-corrected chi connectivity index (χ2v) is 9.61. The summed E-state index contributed by atoms with van der Waals surface area (Å²) in [6, 6.07) is 18.4. The summed E-state index contributed by atoms with van der Waals surface area (Å²) in [4.78, 5) is 14.6. The molecule has 4 aromatic rings. The number of rotatable bonds is 6. The van der Waals surface area contributed by atoms with Gasteiger partial charge in [0.25, 0.3) is 0 Å². The van der Waals surface area contributed by atoms with Crippen molar-refractivity contribution in [3.05, 3.63) is 71.4 Å². The molecule has 8 heteroatoms. The van der Waals surface area contributed by atoms with Crippen LogP contribution < -0.4 is 4.90 Å². The zero-order chi connectivity index (χ0) is 28.3. The molecule has 2 aliphatic rings. The first-order valence-electron chi connectivity index (χ1n) is 14.7. The van der Waals surface area contributed by atoms with Crippen molar-refractivity contribution >= 4 is 16.9 Å². The maximum atomic E-state index is 9.64. The minimum Gasteiger partial charge on any atom is -0.392 e. The highest BCUT2D eigenvalue weighted by molar-refractivity contribution is 5.88. The Hall–Kier alpha value is -3.33. The van der Waals surface area contributed by atoms with Crippen LogP contribution in [0.4, 0.5) is 5.82 Å². The van der Waals surface area contributed by atoms with Crippen LogP contribution in [0.3, 0.4) is 0 Å². The first kappa shape index (κ1) is 29.6. The van der Waals surface area contributed by atoms with Crippen LogP contribution >= 0.6 is 0 Å². The Morgan fingerprint density at radius 3 is 2.25 bits per heavy atom. The van der Waals surface area contributed by atoms with Gasteiger partial charge in [0.1, 0.15) is 11.2 Å². The number of aliphatic hydroxyl groups is 1. The Bertz CT molecular complexity index is 1310. The van der Waals surface area contributed by atoms with E-state index < -0.39 is 0 Å². The van der Waals surface area contributed by atoms with E-state index in [4.69, 9.17) is 19.2 Å². The molecule has 0 amide bonds. The molecule has 4 heterocycles. The number of fused-ring (bicyclic) bond motifs is 1. The third-order valence-corrected chi connectivity index (χ3v) is 7.23. The fourth-order valence-corrected chi connectivity index (χ4v) is 5.24. The molecule has 6 rings (SSSR count). The van der Waals surface area contributed by atoms with Gasteiger partial charge in [-0.25, -0.2) is 9.97 Å². The van der Waals surface area contributed by atoms with E-state index in [1.807, 2.05) is 52.0 Å². The Kier molecular flexibility index (Phi) is 11.0. The Labute approximate surface area is 238 Å². The van der Waals surface area contributed by atoms with Crippen molar-refractivity contribution in [2.75, 3.05) is 44.3 Å². The van der Waals surface area contributed by atoms with Gasteiger partial charge in [0.2, 0.25) is 5.58 Å². The number of likely N-dealkylation sites (tertiary alicyclic amines) is 1. The molecule has 2 saturated heterocycles. The molecule has 0 saturated carbocycles. The lowest BCUT2D eigenvalue weighted by Crippen LogP contribution is -2.37. The number of aliphatic hydroxyl groups excluding tert-OH is 1. The lowest BCUT2D eigenvalue weighted by Gasteiger charge is -2.31. The molecule has 1 N–H and O–H groups in total. The van der Waals surface area contributed by atoms with E-state index >= 15 is 0 Å². The van der Waals surface area contributed by atoms with Gasteiger partial charge < -0.3 is 19.3 Å². The standard InChI is InChI=1S/C28H31N5O3.2C2H6/c34-19-21-7-4-8-23(17-21)27-29-25-24(31-36-26(25)28(30-27)33-13-15-35-16-14-33)22-9-11-32(12-10-22)18-20-5-2-1-3-6-20;2*1-2/h1-8,17,22,34H,9-16,18-19H2;2*1-2H3. The molecule has 2 aliphatic heterocycles. The van der Waals surface area contributed by atoms with Crippen LogP contribution in [0.5, 0.6) is 0 Å². The van der Waals surface area contributed by atoms with Gasteiger partial charge in [0.05, 0.1) is 19.8 Å². The van der Waals surface area contributed by atoms with Crippen LogP contribution in [0.15, 0.2) is 59.1 Å². The fraction of sp³-hybridized carbons (Fsp3) is 0.469. The maximum Gasteiger partial charge on any atom is 0.227 e. The van der Waals surface area contributed by atoms with E-state index in [2.05, 4.69) is 45.3 Å². The molecule has 2 aromatic heterocycles. The van der Waals surface area contributed by atoms with E-state index in [1.165, 1.54) is 5.56 Å². The summed E-state index contributed by atoms with van der Waals surface area (Å²) in [5, 5.41) is 14.2. The van der Waals surface area contributed by atoms with Gasteiger partial charge in [-0.15, -0.1) is 0 Å². The Morgan fingerprint density at radius 2 is 1.55 bits per heavy atom. The van der Waals surface area contributed by atoms with Crippen LogP contribution in [0.2, 0.25) is 0 Å². The second-order valence-electron chi connectivity index (χ2n) is 9.61. The van der Waals surface area contributed by atoms with Crippen molar-refractivity contribution in [1.29, 1.82) is 0 Å². The average Bonchev–Trinajstić information content (AvgIpc) is 3.48. The minimum atomic E-state index is -0.0214. The van der Waals surface area contributed by atoms with Crippen molar-refractivity contribution in [2.45, 2.75) is 59.6 Å². The monoisotopic (exact) mass is 545 g/mol. The molecule has 0 unspecified atom stereocenters. The number of nitrogens with zero attached hydrogens (tertiary/aromatic N) is 5. The zero-order valence-electron chi connectivity index (χ0n) is 24.3. The van der Waals surface area contributed by atoms with E-state index in [-0.39, 0.29) is 6.61 Å². The first-order valence-corrected chi connectivity index (χ1v) is 14.7. The molecule has 2 fully saturated rings. The number of ether oxygens (including phenoxy) is 1. The van der Waals surface area contributed by atoms with Crippen molar-refractivity contribution in [1.82, 2.24) is 20.0 Å². The lowest BCUT2D eigenvalue weighted by molar-refractivity contribution is 0.122. The fourth-order valence-electron chi connectivity index (χ4n) is 5.24. The minimum absolute atomic E-state index is 0.0214. The smallest absolute Gasteiger partial charge is 0.227 e. The quantitative estimate of drug-likeness (QED) is 0.314. The summed E-state index contributed by atoms with van der Waals surface area (Å²) in [5.41, 5.74) is 5.45. The van der Waals surface area contributed by atoms with Crippen LogP contribution in [0.1, 0.15) is 63.3 Å². The summed E-state index contributed by atoms with van der Waals surface area (Å²) in [6.07, 6.45) is 2.03. The second kappa shape index (κ2) is 14.9. The van der Waals surface area contributed by atoms with Crippen molar-refractivity contribution < 1.29 is 14.4 Å². The third-order valence-electron chi connectivity index (χ3n) is 7.23. The molecule has 0 atom stereocenters. The van der Waals surface area contributed by atoms with Crippen molar-refractivity contribution in [3.8, 4) is 11.4 Å². The number of anilines is 1. The number of aromatic nitrogens is 3. The summed E-state index contributed by atoms with van der Waals surface area (Å²) in [6.45, 7) is 13.8. The highest BCUT2D eigenvalue weighted by Gasteiger charge is 2.29. The molecular formula is C32H43N5O3. The largest absolute Gasteiger partial charge is 0.392 e. The van der Waals surface area contributed by atoms with E-state index in [0.29, 0.717) is 30.5 Å². The molecule has 2 aromatic carbocycles. The molecule has 0 radical (unpaired) electrons. The van der Waals surface area contributed by atoms with E-state index in [0.717, 1.165) is 73.7 Å². The summed E-state index contributed by atoms with van der Waals surface area (Å²) >= 11 is 0. The molecule has 40 heavy (non-hydrogen) atoms. The molecule has 0 bridgehead atoms. The molecule has 8 nitrogen and oxygen atoms in total. The number of hydrogen-bond donors (Lipinski definition) is 1. The van der Waals surface area contributed by atoms with Crippen molar-refractivity contribution in [3.63, 3.8) is 0 Å². The van der Waals surface area contributed by atoms with Gasteiger partial charge in [-0.05, 0) is 43.1 Å². The molecule has 0 aliphatic carbocycles. The number of benzene rings is 2. The van der Waals surface area contributed by atoms with Gasteiger partial charge in [0, 0.05) is 31.1 Å². The van der Waals surface area contributed by atoms with Gasteiger partial charge in [-0.2, -0.15) is 0 Å². The van der Waals surface area contributed by atoms with Crippen LogP contribution in [-0.2, 0) is 17.9 Å². The van der Waals surface area contributed by atoms with Gasteiger partial charge in [-0.1, -0.05) is 81.4 Å². The summed E-state index contributed by atoms with van der Waals surface area (Å²) in [5.74, 6) is 1.69. The number of hydrogen-bond acceptors (Lipinski definition) is 8. The molecule has 214 valence electrons. The molecule has 0 spiro atoms. The van der Waals surface area contributed by atoms with Crippen molar-refractivity contribution in [2.24, 2.45) is 0 Å². The van der Waals surface area contributed by atoms with E-state index in [9.17, 15) is 5.11 Å². The zero-order valence-corrected chi connectivity index (χ0v) is 24.3. The highest BCUT2D eigenvalue weighted by Crippen LogP contribution is 2.36. The lowest BCUT2D eigenvalue weighted by atomic mass is 9.92. The Morgan fingerprint density at radius 1 is 0.850 bits per heavy atom.